The SMILES string of the molecule is CC(=O)O[C@H]1CC[C@]2(C)[C@H]3CC[C@@]4(C)[C@@H](C[C@H]5O[C@]54OC(C)=O)[C@@H]3C[C@@H]3O[C@@]32C1. The fourth-order valence-electron chi connectivity index (χ4n) is 8.70. The molecule has 0 amide bonds. The van der Waals surface area contributed by atoms with Gasteiger partial charge in [-0.3, -0.25) is 9.59 Å². The van der Waals surface area contributed by atoms with Crippen LogP contribution in [0.25, 0.3) is 0 Å². The molecule has 0 bridgehead atoms. The summed E-state index contributed by atoms with van der Waals surface area (Å²) in [5.74, 6) is 0.625. The smallest absolute Gasteiger partial charge is 0.305 e. The molecule has 0 aromatic heterocycles. The number of carbonyl (C=O) groups is 2. The predicted molar refractivity (Wildman–Crippen MR) is 102 cm³/mol. The third kappa shape index (κ3) is 2.10. The molecule has 2 saturated heterocycles. The summed E-state index contributed by atoms with van der Waals surface area (Å²) in [5.41, 5.74) is -0.0582. The van der Waals surface area contributed by atoms with Crippen LogP contribution >= 0.6 is 0 Å². The lowest BCUT2D eigenvalue weighted by Crippen LogP contribution is -2.60. The first-order valence-electron chi connectivity index (χ1n) is 11.4. The van der Waals surface area contributed by atoms with Crippen LogP contribution in [-0.2, 0) is 28.5 Å². The average Bonchev–Trinajstić information content (AvgIpc) is 3.49. The lowest BCUT2D eigenvalue weighted by atomic mass is 9.44. The van der Waals surface area contributed by atoms with Crippen molar-refractivity contribution in [3.8, 4) is 0 Å². The van der Waals surface area contributed by atoms with Crippen molar-refractivity contribution in [3.63, 3.8) is 0 Å². The summed E-state index contributed by atoms with van der Waals surface area (Å²) < 4.78 is 23.9. The number of epoxide rings is 2. The molecule has 6 aliphatic rings. The van der Waals surface area contributed by atoms with Gasteiger partial charge in [-0.15, -0.1) is 0 Å². The molecule has 160 valence electrons. The maximum absolute atomic E-state index is 11.8. The molecule has 0 N–H and O–H groups in total. The Bertz CT molecular complexity index is 796. The van der Waals surface area contributed by atoms with Crippen molar-refractivity contribution in [2.24, 2.45) is 28.6 Å². The van der Waals surface area contributed by atoms with Crippen molar-refractivity contribution in [1.82, 2.24) is 0 Å². The van der Waals surface area contributed by atoms with Gasteiger partial charge in [-0.2, -0.15) is 0 Å². The Morgan fingerprint density at radius 2 is 1.66 bits per heavy atom. The summed E-state index contributed by atoms with van der Waals surface area (Å²) in [6.45, 7) is 7.72. The molecule has 0 unspecified atom stereocenters. The van der Waals surface area contributed by atoms with Gasteiger partial charge in [0.15, 0.2) is 0 Å². The van der Waals surface area contributed by atoms with E-state index in [1.54, 1.807) is 0 Å². The average molecular weight is 405 g/mol. The minimum atomic E-state index is -0.679. The van der Waals surface area contributed by atoms with Crippen LogP contribution in [-0.4, -0.2) is 41.6 Å². The van der Waals surface area contributed by atoms with Crippen molar-refractivity contribution >= 4 is 11.9 Å². The summed E-state index contributed by atoms with van der Waals surface area (Å²) >= 11 is 0. The first-order valence-corrected chi connectivity index (χ1v) is 11.4. The molecule has 4 aliphatic carbocycles. The number of esters is 2. The van der Waals surface area contributed by atoms with Gasteiger partial charge < -0.3 is 18.9 Å². The fraction of sp³-hybridized carbons (Fsp3) is 0.913. The number of rotatable bonds is 2. The van der Waals surface area contributed by atoms with Gasteiger partial charge in [-0.1, -0.05) is 13.8 Å². The summed E-state index contributed by atoms with van der Waals surface area (Å²) in [7, 11) is 0. The predicted octanol–water partition coefficient (Wildman–Crippen LogP) is 3.36. The summed E-state index contributed by atoms with van der Waals surface area (Å²) in [4.78, 5) is 23.3. The molecule has 2 aliphatic heterocycles. The van der Waals surface area contributed by atoms with Crippen LogP contribution < -0.4 is 0 Å². The fourth-order valence-corrected chi connectivity index (χ4v) is 8.70. The summed E-state index contributed by atoms with van der Waals surface area (Å²) in [6.07, 6.45) is 7.42. The third-order valence-corrected chi connectivity index (χ3v) is 10.0. The zero-order valence-corrected chi connectivity index (χ0v) is 17.9. The second-order valence-electron chi connectivity index (χ2n) is 11.1. The van der Waals surface area contributed by atoms with Crippen LogP contribution in [0.15, 0.2) is 0 Å². The lowest BCUT2D eigenvalue weighted by molar-refractivity contribution is -0.197. The van der Waals surface area contributed by atoms with Gasteiger partial charge >= 0.3 is 11.9 Å². The van der Waals surface area contributed by atoms with Gasteiger partial charge in [-0.25, -0.2) is 0 Å². The topological polar surface area (TPSA) is 77.7 Å². The Labute approximate surface area is 172 Å². The van der Waals surface area contributed by atoms with Crippen LogP contribution in [0.3, 0.4) is 0 Å². The number of ether oxygens (including phenoxy) is 4. The Hall–Kier alpha value is -1.14. The quantitative estimate of drug-likeness (QED) is 0.519. The van der Waals surface area contributed by atoms with Crippen molar-refractivity contribution in [2.45, 2.75) is 102 Å². The van der Waals surface area contributed by atoms with Gasteiger partial charge in [0.05, 0.1) is 6.10 Å². The van der Waals surface area contributed by atoms with Gasteiger partial charge in [0.1, 0.15) is 17.8 Å². The van der Waals surface area contributed by atoms with Crippen LogP contribution in [0.1, 0.15) is 72.6 Å². The highest BCUT2D eigenvalue weighted by Gasteiger charge is 2.83. The molecule has 6 nitrogen and oxygen atoms in total. The molecule has 6 rings (SSSR count). The van der Waals surface area contributed by atoms with E-state index in [4.69, 9.17) is 18.9 Å². The number of hydrogen-bond donors (Lipinski definition) is 0. The highest BCUT2D eigenvalue weighted by Crippen LogP contribution is 2.77. The van der Waals surface area contributed by atoms with Gasteiger partial charge in [0.2, 0.25) is 5.79 Å². The van der Waals surface area contributed by atoms with E-state index in [-0.39, 0.29) is 46.7 Å². The Morgan fingerprint density at radius 3 is 2.38 bits per heavy atom. The normalized spacial score (nSPS) is 58.6. The minimum Gasteiger partial charge on any atom is -0.462 e. The first kappa shape index (κ1) is 18.6. The highest BCUT2D eigenvalue weighted by atomic mass is 16.8. The molecule has 0 aromatic carbocycles. The second kappa shape index (κ2) is 5.37. The van der Waals surface area contributed by atoms with E-state index in [0.29, 0.717) is 17.8 Å². The zero-order valence-electron chi connectivity index (χ0n) is 17.9. The third-order valence-electron chi connectivity index (χ3n) is 10.0. The molecule has 0 radical (unpaired) electrons. The molecule has 1 spiro atoms. The Kier molecular flexibility index (Phi) is 3.44. The van der Waals surface area contributed by atoms with Crippen LogP contribution in [0.5, 0.6) is 0 Å². The molecule has 0 aromatic rings. The van der Waals surface area contributed by atoms with Crippen molar-refractivity contribution in [1.29, 1.82) is 0 Å². The standard InChI is InChI=1S/C23H32O6/c1-12(24)26-14-5-7-20(3)16-6-8-21(4)17(10-19-23(21,29-19)27-13(2)25)15(16)9-18-22(20,11-14)28-18/h14-19H,5-11H2,1-4H3/t14-,15+,16-,17-,18-,19+,20+,21-,22-,23+/m0/s1. The Morgan fingerprint density at radius 1 is 0.897 bits per heavy atom. The van der Waals surface area contributed by atoms with Crippen molar-refractivity contribution in [2.75, 3.05) is 0 Å². The van der Waals surface area contributed by atoms with E-state index in [9.17, 15) is 9.59 Å². The van der Waals surface area contributed by atoms with Gasteiger partial charge in [0, 0.05) is 31.1 Å². The van der Waals surface area contributed by atoms with Crippen LogP contribution in [0.2, 0.25) is 0 Å². The monoisotopic (exact) mass is 404 g/mol. The molecule has 4 saturated carbocycles. The molecule has 6 fully saturated rings. The van der Waals surface area contributed by atoms with Crippen LogP contribution in [0, 0.1) is 28.6 Å². The molecular formula is C23H32O6. The summed E-state index contributed by atoms with van der Waals surface area (Å²) in [5, 5.41) is 0. The minimum absolute atomic E-state index is 0.00394. The van der Waals surface area contributed by atoms with E-state index in [1.165, 1.54) is 13.8 Å². The van der Waals surface area contributed by atoms with Crippen molar-refractivity contribution < 1.29 is 28.5 Å². The molecular weight excluding hydrogens is 372 g/mol. The van der Waals surface area contributed by atoms with E-state index in [2.05, 4.69) is 13.8 Å². The zero-order chi connectivity index (χ0) is 20.4. The maximum Gasteiger partial charge on any atom is 0.305 e. The number of fused-ring (bicyclic) bond motifs is 6. The molecule has 6 heteroatoms. The van der Waals surface area contributed by atoms with E-state index < -0.39 is 5.79 Å². The second-order valence-corrected chi connectivity index (χ2v) is 11.1. The molecule has 2 heterocycles. The van der Waals surface area contributed by atoms with E-state index in [0.717, 1.165) is 44.9 Å². The first-order chi connectivity index (χ1) is 13.7. The van der Waals surface area contributed by atoms with E-state index in [1.807, 2.05) is 0 Å². The van der Waals surface area contributed by atoms with Crippen molar-refractivity contribution in [3.05, 3.63) is 0 Å². The van der Waals surface area contributed by atoms with Crippen LogP contribution in [0.4, 0.5) is 0 Å². The molecule has 29 heavy (non-hydrogen) atoms. The summed E-state index contributed by atoms with van der Waals surface area (Å²) in [6, 6.07) is 0. The maximum atomic E-state index is 11.8. The van der Waals surface area contributed by atoms with Gasteiger partial charge in [0.25, 0.3) is 0 Å². The number of hydrogen-bond acceptors (Lipinski definition) is 6. The van der Waals surface area contributed by atoms with E-state index >= 15 is 0 Å². The lowest BCUT2D eigenvalue weighted by Gasteiger charge is -2.59. The number of carbonyl (C=O) groups excluding carboxylic acids is 2. The van der Waals surface area contributed by atoms with Gasteiger partial charge in [-0.05, 0) is 56.3 Å². The largest absolute Gasteiger partial charge is 0.462 e. The molecule has 10 atom stereocenters. The highest BCUT2D eigenvalue weighted by molar-refractivity contribution is 5.67. The Balaban J connectivity index is 1.28.